The molecule has 0 unspecified atom stereocenters. The SMILES string of the molecule is OCc1c(S)ccc2[nH]cnc12. The fourth-order valence-corrected chi connectivity index (χ4v) is 1.46. The zero-order valence-corrected chi connectivity index (χ0v) is 7.18. The number of nitrogens with zero attached hydrogens (tertiary/aromatic N) is 1. The molecular formula is C8H8N2OS. The molecule has 2 N–H and O–H groups in total. The van der Waals surface area contributed by atoms with Crippen LogP contribution in [-0.4, -0.2) is 15.1 Å². The van der Waals surface area contributed by atoms with Gasteiger partial charge in [0.1, 0.15) is 0 Å². The normalized spacial score (nSPS) is 10.8. The molecule has 1 aromatic carbocycles. The minimum Gasteiger partial charge on any atom is -0.392 e. The van der Waals surface area contributed by atoms with Crippen LogP contribution in [0.1, 0.15) is 5.56 Å². The quantitative estimate of drug-likeness (QED) is 0.580. The number of hydrogen-bond donors (Lipinski definition) is 3. The third-order valence-corrected chi connectivity index (χ3v) is 2.25. The number of nitrogens with one attached hydrogen (secondary N) is 1. The van der Waals surface area contributed by atoms with Gasteiger partial charge < -0.3 is 10.1 Å². The maximum Gasteiger partial charge on any atom is 0.0948 e. The molecule has 0 bridgehead atoms. The van der Waals surface area contributed by atoms with Gasteiger partial charge in [-0.2, -0.15) is 0 Å². The second-order valence-electron chi connectivity index (χ2n) is 2.52. The van der Waals surface area contributed by atoms with Gasteiger partial charge in [0.2, 0.25) is 0 Å². The molecule has 0 saturated carbocycles. The summed E-state index contributed by atoms with van der Waals surface area (Å²) in [5.41, 5.74) is 2.50. The number of benzene rings is 1. The third kappa shape index (κ3) is 1.00. The molecule has 0 aliphatic rings. The van der Waals surface area contributed by atoms with Crippen LogP contribution in [0, 0.1) is 0 Å². The summed E-state index contributed by atoms with van der Waals surface area (Å²) in [6, 6.07) is 3.74. The number of aromatic nitrogens is 2. The lowest BCUT2D eigenvalue weighted by Gasteiger charge is -2.00. The predicted molar refractivity (Wildman–Crippen MR) is 49.3 cm³/mol. The van der Waals surface area contributed by atoms with Crippen LogP contribution < -0.4 is 0 Å². The van der Waals surface area contributed by atoms with Crippen molar-refractivity contribution in [1.29, 1.82) is 0 Å². The molecule has 2 rings (SSSR count). The Morgan fingerprint density at radius 1 is 1.50 bits per heavy atom. The maximum absolute atomic E-state index is 9.03. The molecule has 62 valence electrons. The monoisotopic (exact) mass is 180 g/mol. The zero-order chi connectivity index (χ0) is 8.55. The van der Waals surface area contributed by atoms with Crippen molar-refractivity contribution in [3.8, 4) is 0 Å². The van der Waals surface area contributed by atoms with Crippen LogP contribution in [0.25, 0.3) is 11.0 Å². The Hall–Kier alpha value is -1.00. The van der Waals surface area contributed by atoms with E-state index in [2.05, 4.69) is 22.6 Å². The highest BCUT2D eigenvalue weighted by molar-refractivity contribution is 7.80. The molecule has 12 heavy (non-hydrogen) atoms. The van der Waals surface area contributed by atoms with E-state index in [0.29, 0.717) is 0 Å². The van der Waals surface area contributed by atoms with Crippen LogP contribution in [0.5, 0.6) is 0 Å². The minimum absolute atomic E-state index is 0.0268. The Morgan fingerprint density at radius 2 is 2.33 bits per heavy atom. The average molecular weight is 180 g/mol. The summed E-state index contributed by atoms with van der Waals surface area (Å²) in [6.07, 6.45) is 1.61. The largest absolute Gasteiger partial charge is 0.392 e. The van der Waals surface area contributed by atoms with Crippen molar-refractivity contribution in [3.63, 3.8) is 0 Å². The summed E-state index contributed by atoms with van der Waals surface area (Å²) >= 11 is 4.22. The van der Waals surface area contributed by atoms with Gasteiger partial charge in [-0.05, 0) is 12.1 Å². The Balaban J connectivity index is 2.83. The Bertz CT molecular complexity index is 410. The lowest BCUT2D eigenvalue weighted by Crippen LogP contribution is -1.87. The summed E-state index contributed by atoms with van der Waals surface area (Å²) in [7, 11) is 0. The van der Waals surface area contributed by atoms with E-state index in [1.165, 1.54) is 0 Å². The highest BCUT2D eigenvalue weighted by atomic mass is 32.1. The topological polar surface area (TPSA) is 48.9 Å². The first-order valence-corrected chi connectivity index (χ1v) is 4.02. The van der Waals surface area contributed by atoms with Crippen molar-refractivity contribution >= 4 is 23.7 Å². The number of aliphatic hydroxyl groups is 1. The molecule has 0 aliphatic carbocycles. The second kappa shape index (κ2) is 2.80. The van der Waals surface area contributed by atoms with Crippen LogP contribution in [0.2, 0.25) is 0 Å². The number of aromatic amines is 1. The molecule has 4 heteroatoms. The third-order valence-electron chi connectivity index (χ3n) is 1.83. The van der Waals surface area contributed by atoms with E-state index in [-0.39, 0.29) is 6.61 Å². The van der Waals surface area contributed by atoms with E-state index in [1.54, 1.807) is 6.33 Å². The zero-order valence-electron chi connectivity index (χ0n) is 6.28. The molecule has 0 saturated heterocycles. The van der Waals surface area contributed by atoms with Gasteiger partial charge >= 0.3 is 0 Å². The van der Waals surface area contributed by atoms with Gasteiger partial charge in [-0.3, -0.25) is 0 Å². The molecule has 2 aromatic rings. The van der Waals surface area contributed by atoms with E-state index in [4.69, 9.17) is 5.11 Å². The predicted octanol–water partition coefficient (Wildman–Crippen LogP) is 1.34. The van der Waals surface area contributed by atoms with E-state index in [0.717, 1.165) is 21.5 Å². The summed E-state index contributed by atoms with van der Waals surface area (Å²) in [5, 5.41) is 9.03. The van der Waals surface area contributed by atoms with Gasteiger partial charge in [0.15, 0.2) is 0 Å². The minimum atomic E-state index is -0.0268. The Labute approximate surface area is 74.9 Å². The number of hydrogen-bond acceptors (Lipinski definition) is 3. The van der Waals surface area contributed by atoms with Crippen molar-refractivity contribution in [2.24, 2.45) is 0 Å². The average Bonchev–Trinajstić information content (AvgIpc) is 2.52. The van der Waals surface area contributed by atoms with E-state index in [1.807, 2.05) is 12.1 Å². The molecule has 1 heterocycles. The van der Waals surface area contributed by atoms with Crippen molar-refractivity contribution in [2.45, 2.75) is 11.5 Å². The maximum atomic E-state index is 9.03. The highest BCUT2D eigenvalue weighted by Crippen LogP contribution is 2.21. The van der Waals surface area contributed by atoms with Gasteiger partial charge in [0.25, 0.3) is 0 Å². The molecule has 0 spiro atoms. The van der Waals surface area contributed by atoms with E-state index in [9.17, 15) is 0 Å². The van der Waals surface area contributed by atoms with Crippen molar-refractivity contribution in [1.82, 2.24) is 9.97 Å². The number of H-pyrrole nitrogens is 1. The number of imidazole rings is 1. The van der Waals surface area contributed by atoms with E-state index < -0.39 is 0 Å². The summed E-state index contributed by atoms with van der Waals surface area (Å²) < 4.78 is 0. The summed E-state index contributed by atoms with van der Waals surface area (Å²) in [6.45, 7) is -0.0268. The molecule has 3 nitrogen and oxygen atoms in total. The molecule has 0 radical (unpaired) electrons. The first kappa shape index (κ1) is 7.64. The molecular weight excluding hydrogens is 172 g/mol. The molecule has 0 atom stereocenters. The molecule has 0 amide bonds. The first-order chi connectivity index (χ1) is 5.83. The molecule has 0 aliphatic heterocycles. The van der Waals surface area contributed by atoms with Gasteiger partial charge in [-0.25, -0.2) is 4.98 Å². The van der Waals surface area contributed by atoms with Gasteiger partial charge in [-0.1, -0.05) is 0 Å². The van der Waals surface area contributed by atoms with Crippen LogP contribution in [0.4, 0.5) is 0 Å². The van der Waals surface area contributed by atoms with Crippen LogP contribution in [-0.2, 0) is 6.61 Å². The number of aliphatic hydroxyl groups excluding tert-OH is 1. The van der Waals surface area contributed by atoms with Crippen LogP contribution >= 0.6 is 12.6 Å². The van der Waals surface area contributed by atoms with Crippen molar-refractivity contribution in [3.05, 3.63) is 24.0 Å². The molecule has 0 fully saturated rings. The van der Waals surface area contributed by atoms with Gasteiger partial charge in [-0.15, -0.1) is 12.6 Å². The van der Waals surface area contributed by atoms with Crippen molar-refractivity contribution < 1.29 is 5.11 Å². The number of fused-ring (bicyclic) bond motifs is 1. The summed E-state index contributed by atoms with van der Waals surface area (Å²) in [5.74, 6) is 0. The lowest BCUT2D eigenvalue weighted by molar-refractivity contribution is 0.280. The summed E-state index contributed by atoms with van der Waals surface area (Å²) in [4.78, 5) is 7.83. The Kier molecular flexibility index (Phi) is 1.78. The smallest absolute Gasteiger partial charge is 0.0948 e. The molecule has 1 aromatic heterocycles. The number of rotatable bonds is 1. The number of thiol groups is 1. The van der Waals surface area contributed by atoms with Crippen LogP contribution in [0.15, 0.2) is 23.4 Å². The van der Waals surface area contributed by atoms with Crippen molar-refractivity contribution in [2.75, 3.05) is 0 Å². The highest BCUT2D eigenvalue weighted by Gasteiger charge is 2.05. The fraction of sp³-hybridized carbons (Fsp3) is 0.125. The Morgan fingerprint density at radius 3 is 3.08 bits per heavy atom. The van der Waals surface area contributed by atoms with Gasteiger partial charge in [0, 0.05) is 10.5 Å². The fourth-order valence-electron chi connectivity index (χ4n) is 1.21. The van der Waals surface area contributed by atoms with Crippen LogP contribution in [0.3, 0.4) is 0 Å². The lowest BCUT2D eigenvalue weighted by atomic mass is 10.2. The van der Waals surface area contributed by atoms with Gasteiger partial charge in [0.05, 0.1) is 24.0 Å². The van der Waals surface area contributed by atoms with E-state index >= 15 is 0 Å². The standard InChI is InChI=1S/C8H8N2OS/c11-3-5-7(12)2-1-6-8(5)10-4-9-6/h1-2,4,11-12H,3H2,(H,9,10). The first-order valence-electron chi connectivity index (χ1n) is 3.57. The second-order valence-corrected chi connectivity index (χ2v) is 3.00.